The van der Waals surface area contributed by atoms with Gasteiger partial charge in [0.25, 0.3) is 5.91 Å². The molecule has 2 aromatic carbocycles. The van der Waals surface area contributed by atoms with E-state index in [9.17, 15) is 9.59 Å². The first kappa shape index (κ1) is 19.1. The normalized spacial score (nSPS) is 10.3. The number of nitrogens with one attached hydrogen (secondary N) is 1. The van der Waals surface area contributed by atoms with Crippen LogP contribution in [-0.4, -0.2) is 30.8 Å². The van der Waals surface area contributed by atoms with Crippen molar-refractivity contribution in [1.82, 2.24) is 5.32 Å². The molecular formula is C20H23NO3S. The van der Waals surface area contributed by atoms with E-state index in [1.165, 1.54) is 5.56 Å². The summed E-state index contributed by atoms with van der Waals surface area (Å²) in [5.74, 6) is 0.974. The van der Waals surface area contributed by atoms with Gasteiger partial charge >= 0.3 is 5.97 Å². The number of rotatable bonds is 9. The van der Waals surface area contributed by atoms with E-state index in [1.807, 2.05) is 30.3 Å². The van der Waals surface area contributed by atoms with E-state index >= 15 is 0 Å². The maximum atomic E-state index is 11.9. The third-order valence-electron chi connectivity index (χ3n) is 3.61. The Morgan fingerprint density at radius 3 is 2.40 bits per heavy atom. The number of carbonyl (C=O) groups is 2. The molecule has 0 bridgehead atoms. The molecule has 0 aromatic heterocycles. The Morgan fingerprint density at radius 1 is 1.00 bits per heavy atom. The van der Waals surface area contributed by atoms with Crippen LogP contribution >= 0.6 is 11.8 Å². The minimum atomic E-state index is -0.476. The summed E-state index contributed by atoms with van der Waals surface area (Å²) in [6.07, 6.45) is 0.917. The molecule has 0 atom stereocenters. The number of amides is 1. The molecule has 1 N–H and O–H groups in total. The highest BCUT2D eigenvalue weighted by Crippen LogP contribution is 2.10. The van der Waals surface area contributed by atoms with Crippen molar-refractivity contribution >= 4 is 23.6 Å². The van der Waals surface area contributed by atoms with E-state index in [0.29, 0.717) is 12.1 Å². The second-order valence-electron chi connectivity index (χ2n) is 5.51. The van der Waals surface area contributed by atoms with Crippen LogP contribution in [0.2, 0.25) is 0 Å². The maximum Gasteiger partial charge on any atom is 0.338 e. The zero-order chi connectivity index (χ0) is 17.9. The van der Waals surface area contributed by atoms with Crippen LogP contribution in [0.1, 0.15) is 28.4 Å². The van der Waals surface area contributed by atoms with Gasteiger partial charge in [0.05, 0.1) is 5.56 Å². The molecule has 0 heterocycles. The Kier molecular flexibility index (Phi) is 8.05. The van der Waals surface area contributed by atoms with Crippen molar-refractivity contribution in [1.29, 1.82) is 0 Å². The predicted octanol–water partition coefficient (Wildman–Crippen LogP) is 3.46. The quantitative estimate of drug-likeness (QED) is 0.552. The number of benzene rings is 2. The van der Waals surface area contributed by atoms with E-state index in [4.69, 9.17) is 4.74 Å². The largest absolute Gasteiger partial charge is 0.452 e. The number of thioether (sulfide) groups is 1. The molecule has 4 nitrogen and oxygen atoms in total. The smallest absolute Gasteiger partial charge is 0.338 e. The summed E-state index contributed by atoms with van der Waals surface area (Å²) < 4.78 is 5.03. The minimum Gasteiger partial charge on any atom is -0.452 e. The summed E-state index contributed by atoms with van der Waals surface area (Å²) in [6, 6.07) is 17.4. The summed E-state index contributed by atoms with van der Waals surface area (Å²) in [5, 5.41) is 2.76. The molecule has 2 aromatic rings. The molecule has 5 heteroatoms. The van der Waals surface area contributed by atoms with E-state index in [0.717, 1.165) is 23.5 Å². The molecule has 25 heavy (non-hydrogen) atoms. The Balaban J connectivity index is 1.59. The van der Waals surface area contributed by atoms with Gasteiger partial charge in [0.1, 0.15) is 0 Å². The molecule has 0 aliphatic rings. The van der Waals surface area contributed by atoms with Gasteiger partial charge in [0.15, 0.2) is 6.61 Å². The van der Waals surface area contributed by atoms with Crippen LogP contribution in [-0.2, 0) is 21.7 Å². The molecule has 0 saturated carbocycles. The monoisotopic (exact) mass is 357 g/mol. The summed E-state index contributed by atoms with van der Waals surface area (Å²) >= 11 is 1.75. The summed E-state index contributed by atoms with van der Waals surface area (Å²) in [5.41, 5.74) is 2.88. The number of aryl methyl sites for hydroxylation is 1. The van der Waals surface area contributed by atoms with Gasteiger partial charge < -0.3 is 10.1 Å². The second kappa shape index (κ2) is 10.6. The lowest BCUT2D eigenvalue weighted by molar-refractivity contribution is -0.124. The van der Waals surface area contributed by atoms with Crippen molar-refractivity contribution in [2.75, 3.05) is 18.9 Å². The molecule has 0 saturated heterocycles. The van der Waals surface area contributed by atoms with Crippen molar-refractivity contribution in [2.24, 2.45) is 0 Å². The highest BCUT2D eigenvalue weighted by Gasteiger charge is 2.09. The average molecular weight is 357 g/mol. The SMILES string of the molecule is CCc1ccc(C(=O)OCC(=O)NCCSCc2ccccc2)cc1. The lowest BCUT2D eigenvalue weighted by atomic mass is 10.1. The van der Waals surface area contributed by atoms with Gasteiger partial charge in [0.2, 0.25) is 0 Å². The molecule has 0 spiro atoms. The molecule has 0 unspecified atom stereocenters. The number of ether oxygens (including phenoxy) is 1. The summed E-state index contributed by atoms with van der Waals surface area (Å²) in [6.45, 7) is 2.35. The molecule has 1 amide bonds. The highest BCUT2D eigenvalue weighted by atomic mass is 32.2. The number of carbonyl (C=O) groups excluding carboxylic acids is 2. The number of hydrogen-bond donors (Lipinski definition) is 1. The molecular weight excluding hydrogens is 334 g/mol. The summed E-state index contributed by atoms with van der Waals surface area (Å²) in [7, 11) is 0. The van der Waals surface area contributed by atoms with Crippen LogP contribution in [0.25, 0.3) is 0 Å². The molecule has 0 fully saturated rings. The molecule has 2 rings (SSSR count). The van der Waals surface area contributed by atoms with Crippen LogP contribution in [0.3, 0.4) is 0 Å². The molecule has 0 aliphatic heterocycles. The predicted molar refractivity (Wildman–Crippen MR) is 102 cm³/mol. The van der Waals surface area contributed by atoms with E-state index in [1.54, 1.807) is 23.9 Å². The van der Waals surface area contributed by atoms with Crippen molar-refractivity contribution in [3.05, 3.63) is 71.3 Å². The van der Waals surface area contributed by atoms with E-state index in [-0.39, 0.29) is 12.5 Å². The Morgan fingerprint density at radius 2 is 1.72 bits per heavy atom. The average Bonchev–Trinajstić information content (AvgIpc) is 2.66. The summed E-state index contributed by atoms with van der Waals surface area (Å²) in [4.78, 5) is 23.6. The topological polar surface area (TPSA) is 55.4 Å². The second-order valence-corrected chi connectivity index (χ2v) is 6.62. The molecule has 0 radical (unpaired) electrons. The van der Waals surface area contributed by atoms with Crippen molar-refractivity contribution < 1.29 is 14.3 Å². The van der Waals surface area contributed by atoms with Gasteiger partial charge in [-0.2, -0.15) is 11.8 Å². The van der Waals surface area contributed by atoms with Crippen molar-refractivity contribution in [3.8, 4) is 0 Å². The fraction of sp³-hybridized carbons (Fsp3) is 0.300. The van der Waals surface area contributed by atoms with Crippen molar-refractivity contribution in [2.45, 2.75) is 19.1 Å². The third kappa shape index (κ3) is 7.01. The van der Waals surface area contributed by atoms with Gasteiger partial charge in [-0.1, -0.05) is 49.4 Å². The first-order valence-corrected chi connectivity index (χ1v) is 9.49. The Labute approximate surface area is 153 Å². The van der Waals surface area contributed by atoms with Gasteiger partial charge in [-0.05, 0) is 29.7 Å². The molecule has 0 aliphatic carbocycles. The van der Waals surface area contributed by atoms with Crippen LogP contribution in [0.4, 0.5) is 0 Å². The molecule has 132 valence electrons. The highest BCUT2D eigenvalue weighted by molar-refractivity contribution is 7.98. The van der Waals surface area contributed by atoms with Crippen LogP contribution in [0.15, 0.2) is 54.6 Å². The Bertz CT molecular complexity index is 671. The Hall–Kier alpha value is -2.27. The zero-order valence-corrected chi connectivity index (χ0v) is 15.2. The van der Waals surface area contributed by atoms with E-state index < -0.39 is 5.97 Å². The van der Waals surface area contributed by atoms with Crippen molar-refractivity contribution in [3.63, 3.8) is 0 Å². The van der Waals surface area contributed by atoms with Gasteiger partial charge in [0, 0.05) is 18.1 Å². The van der Waals surface area contributed by atoms with Crippen LogP contribution in [0.5, 0.6) is 0 Å². The number of hydrogen-bond acceptors (Lipinski definition) is 4. The third-order valence-corrected chi connectivity index (χ3v) is 4.64. The van der Waals surface area contributed by atoms with Gasteiger partial charge in [-0.25, -0.2) is 4.79 Å². The maximum absolute atomic E-state index is 11.9. The first-order valence-electron chi connectivity index (χ1n) is 8.33. The number of esters is 1. The van der Waals surface area contributed by atoms with Gasteiger partial charge in [-0.3, -0.25) is 4.79 Å². The van der Waals surface area contributed by atoms with Crippen LogP contribution < -0.4 is 5.32 Å². The standard InChI is InChI=1S/C20H23NO3S/c1-2-16-8-10-18(11-9-16)20(23)24-14-19(22)21-12-13-25-15-17-6-4-3-5-7-17/h3-11H,2,12-15H2,1H3,(H,21,22). The minimum absolute atomic E-state index is 0.252. The fourth-order valence-electron chi connectivity index (χ4n) is 2.17. The first-order chi connectivity index (χ1) is 12.2. The van der Waals surface area contributed by atoms with E-state index in [2.05, 4.69) is 24.4 Å². The van der Waals surface area contributed by atoms with Gasteiger partial charge in [-0.15, -0.1) is 0 Å². The zero-order valence-electron chi connectivity index (χ0n) is 14.4. The lowest BCUT2D eigenvalue weighted by Crippen LogP contribution is -2.30. The van der Waals surface area contributed by atoms with Crippen LogP contribution in [0, 0.1) is 0 Å². The lowest BCUT2D eigenvalue weighted by Gasteiger charge is -2.07. The fourth-order valence-corrected chi connectivity index (χ4v) is 2.99.